The average molecular weight is 754 g/mol. The monoisotopic (exact) mass is 753 g/mol. The number of hydrogen-bond donors (Lipinski definition) is 3. The third-order valence-corrected chi connectivity index (χ3v) is 15.9. The lowest BCUT2D eigenvalue weighted by Gasteiger charge is -2.53. The second kappa shape index (κ2) is 14.3. The second-order valence-electron chi connectivity index (χ2n) is 17.0. The van der Waals surface area contributed by atoms with Crippen molar-refractivity contribution in [1.29, 1.82) is 0 Å². The first-order chi connectivity index (χ1) is 24.9. The molecule has 7 atom stereocenters. The number of carbonyl (C=O) groups excluding carboxylic acids is 1. The molecule has 2 aromatic rings. The van der Waals surface area contributed by atoms with Crippen LogP contribution in [0.3, 0.4) is 0 Å². The van der Waals surface area contributed by atoms with E-state index in [0.717, 1.165) is 95.0 Å². The normalized spacial score (nSPS) is 35.6. The fourth-order valence-electron chi connectivity index (χ4n) is 10.4. The zero-order valence-electron chi connectivity index (χ0n) is 30.8. The molecule has 2 aliphatic carbocycles. The molecule has 1 amide bonds. The molecule has 2 bridgehead atoms. The molecule has 0 unspecified atom stereocenters. The largest absolute Gasteiger partial charge is 0.490 e. The van der Waals surface area contributed by atoms with E-state index >= 15 is 0 Å². The van der Waals surface area contributed by atoms with Crippen LogP contribution in [0.4, 0.5) is 5.69 Å². The van der Waals surface area contributed by atoms with Gasteiger partial charge in [0.1, 0.15) is 5.75 Å². The molecule has 4 aliphatic heterocycles. The number of nitrogens with zero attached hydrogens (tertiary/aromatic N) is 3. The summed E-state index contributed by atoms with van der Waals surface area (Å²) >= 11 is 6.49. The number of benzene rings is 2. The minimum Gasteiger partial charge on any atom is -0.490 e. The highest BCUT2D eigenvalue weighted by molar-refractivity contribution is 7.90. The summed E-state index contributed by atoms with van der Waals surface area (Å²) in [6, 6.07) is 12.0. The third-order valence-electron chi connectivity index (χ3n) is 13.8. The van der Waals surface area contributed by atoms with Crippen LogP contribution in [0.2, 0.25) is 5.02 Å². The van der Waals surface area contributed by atoms with Crippen LogP contribution in [0.5, 0.6) is 5.75 Å². The fraction of sp³-hybridized carbons (Fsp3) is 0.675. The molecule has 0 aromatic heterocycles. The van der Waals surface area contributed by atoms with Crippen molar-refractivity contribution in [3.8, 4) is 5.75 Å². The number of ether oxygens (including phenoxy) is 1. The maximum atomic E-state index is 13.6. The lowest BCUT2D eigenvalue weighted by Crippen LogP contribution is -2.64. The second-order valence-corrected chi connectivity index (χ2v) is 19.5. The van der Waals surface area contributed by atoms with Gasteiger partial charge in [0.2, 0.25) is 10.0 Å². The standard InChI is InChI=1S/C40H56ClN5O5S/c1-27-5-3-14-40(48,25-44-17-18-45-16-15-42-21-33(45)23-44)35-10-7-31(35)22-46-24-39(13-4-6-29-19-32(41)9-11-34(29)39)26-51-37-12-8-30(20-36(37)46)38(47)43-52(49,50)28(27)2/h8-9,11-12,19-20,27-28,31,33,35,42,48H,3-7,10,13-18,21-26H2,1-2H3,(H,43,47)/t27-,28+,31-,33-,35+,39-,40-/m0/s1. The topological polar surface area (TPSA) is 114 Å². The SMILES string of the molecule is C[C@@H]1[C@@H](C)CCC[C@](O)(CN2CCN3CCNC[C@H]3C2)[C@@H]2CC[C@H]2CN2C[C@@]3(CCCc4cc(Cl)ccc43)COc3ccc(cc32)C(=O)NS1(=O)=O. The van der Waals surface area contributed by atoms with Crippen molar-refractivity contribution in [3.05, 3.63) is 58.1 Å². The summed E-state index contributed by atoms with van der Waals surface area (Å²) in [6.45, 7) is 12.2. The molecule has 4 heterocycles. The maximum Gasteiger partial charge on any atom is 0.264 e. The number of amides is 1. The van der Waals surface area contributed by atoms with Crippen LogP contribution in [0, 0.1) is 17.8 Å². The highest BCUT2D eigenvalue weighted by Crippen LogP contribution is 2.49. The van der Waals surface area contributed by atoms with Gasteiger partial charge in [-0.25, -0.2) is 13.1 Å². The zero-order valence-corrected chi connectivity index (χ0v) is 32.4. The molecule has 284 valence electrons. The Balaban J connectivity index is 1.16. The molecule has 3 N–H and O–H groups in total. The lowest BCUT2D eigenvalue weighted by molar-refractivity contribution is -0.113. The Labute approximate surface area is 314 Å². The van der Waals surface area contributed by atoms with Crippen LogP contribution in [0.1, 0.15) is 80.3 Å². The van der Waals surface area contributed by atoms with E-state index in [2.05, 4.69) is 36.9 Å². The minimum atomic E-state index is -3.94. The molecular weight excluding hydrogens is 698 g/mol. The van der Waals surface area contributed by atoms with E-state index in [4.69, 9.17) is 16.3 Å². The number of piperazine rings is 2. The van der Waals surface area contributed by atoms with Gasteiger partial charge in [-0.2, -0.15) is 0 Å². The first-order valence-corrected chi connectivity index (χ1v) is 21.6. The number of rotatable bonds is 2. The van der Waals surface area contributed by atoms with Crippen LogP contribution >= 0.6 is 11.6 Å². The quantitative estimate of drug-likeness (QED) is 0.410. The van der Waals surface area contributed by atoms with E-state index in [1.54, 1.807) is 13.0 Å². The van der Waals surface area contributed by atoms with Crippen molar-refractivity contribution >= 4 is 33.2 Å². The van der Waals surface area contributed by atoms with E-state index < -0.39 is 26.8 Å². The van der Waals surface area contributed by atoms with Gasteiger partial charge in [-0.05, 0) is 111 Å². The van der Waals surface area contributed by atoms with Crippen LogP contribution in [0.25, 0.3) is 0 Å². The van der Waals surface area contributed by atoms with Crippen molar-refractivity contribution in [1.82, 2.24) is 19.8 Å². The van der Waals surface area contributed by atoms with Crippen molar-refractivity contribution in [3.63, 3.8) is 0 Å². The number of anilines is 1. The van der Waals surface area contributed by atoms with Gasteiger partial charge < -0.3 is 20.1 Å². The molecule has 10 nitrogen and oxygen atoms in total. The molecule has 12 heteroatoms. The Kier molecular flexibility index (Phi) is 10.1. The molecule has 0 radical (unpaired) electrons. The predicted molar refractivity (Wildman–Crippen MR) is 205 cm³/mol. The number of carbonyl (C=O) groups is 1. The molecule has 2 saturated heterocycles. The van der Waals surface area contributed by atoms with E-state index in [-0.39, 0.29) is 23.2 Å². The number of hydrogen-bond acceptors (Lipinski definition) is 9. The highest BCUT2D eigenvalue weighted by atomic mass is 35.5. The van der Waals surface area contributed by atoms with Gasteiger partial charge in [0.05, 0.1) is 23.1 Å². The summed E-state index contributed by atoms with van der Waals surface area (Å²) < 4.78 is 36.2. The summed E-state index contributed by atoms with van der Waals surface area (Å²) in [6.07, 6.45) is 6.98. The molecule has 52 heavy (non-hydrogen) atoms. The van der Waals surface area contributed by atoms with Crippen molar-refractivity contribution < 1.29 is 23.1 Å². The van der Waals surface area contributed by atoms with Gasteiger partial charge in [-0.1, -0.05) is 31.0 Å². The van der Waals surface area contributed by atoms with Crippen LogP contribution in [-0.4, -0.2) is 112 Å². The zero-order chi connectivity index (χ0) is 36.3. The number of sulfonamides is 1. The predicted octanol–water partition coefficient (Wildman–Crippen LogP) is 4.43. The summed E-state index contributed by atoms with van der Waals surface area (Å²) in [4.78, 5) is 21.1. The summed E-state index contributed by atoms with van der Waals surface area (Å²) in [5.41, 5.74) is 2.48. The molecule has 8 rings (SSSR count). The number of aryl methyl sites for hydroxylation is 1. The van der Waals surface area contributed by atoms with Gasteiger partial charge in [-0.3, -0.25) is 14.6 Å². The summed E-state index contributed by atoms with van der Waals surface area (Å²) in [5.74, 6) is 0.282. The van der Waals surface area contributed by atoms with Crippen molar-refractivity contribution in [2.24, 2.45) is 17.8 Å². The van der Waals surface area contributed by atoms with E-state index in [0.29, 0.717) is 49.9 Å². The number of fused-ring (bicyclic) bond motifs is 5. The van der Waals surface area contributed by atoms with E-state index in [1.165, 1.54) is 11.1 Å². The number of nitrogens with one attached hydrogen (secondary N) is 2. The molecule has 1 spiro atoms. The number of halogens is 1. The smallest absolute Gasteiger partial charge is 0.264 e. The van der Waals surface area contributed by atoms with E-state index in [1.807, 2.05) is 25.1 Å². The molecule has 2 aromatic carbocycles. The Bertz CT molecular complexity index is 1780. The Hall–Kier alpha value is -2.41. The van der Waals surface area contributed by atoms with E-state index in [9.17, 15) is 18.3 Å². The Morgan fingerprint density at radius 1 is 1.02 bits per heavy atom. The summed E-state index contributed by atoms with van der Waals surface area (Å²) in [5, 5.41) is 16.5. The average Bonchev–Trinajstić information content (AvgIpc) is 3.25. The Morgan fingerprint density at radius 2 is 1.88 bits per heavy atom. The van der Waals surface area contributed by atoms with Gasteiger partial charge in [0.15, 0.2) is 0 Å². The minimum absolute atomic E-state index is 0.117. The first-order valence-electron chi connectivity index (χ1n) is 19.7. The van der Waals surface area contributed by atoms with Gasteiger partial charge in [0.25, 0.3) is 5.91 Å². The molecular formula is C40H56ClN5O5S. The number of aliphatic hydroxyl groups is 1. The third kappa shape index (κ3) is 6.99. The van der Waals surface area contributed by atoms with Gasteiger partial charge >= 0.3 is 0 Å². The van der Waals surface area contributed by atoms with Crippen LogP contribution in [-0.2, 0) is 21.9 Å². The van der Waals surface area contributed by atoms with Gasteiger partial charge in [0, 0.05) is 80.9 Å². The van der Waals surface area contributed by atoms with Crippen LogP contribution in [0.15, 0.2) is 36.4 Å². The van der Waals surface area contributed by atoms with Crippen LogP contribution < -0.4 is 19.7 Å². The molecule has 1 saturated carbocycles. The van der Waals surface area contributed by atoms with Gasteiger partial charge in [-0.15, -0.1) is 0 Å². The summed E-state index contributed by atoms with van der Waals surface area (Å²) in [7, 11) is -3.94. The molecule has 6 aliphatic rings. The fourth-order valence-corrected chi connectivity index (χ4v) is 11.9. The van der Waals surface area contributed by atoms with Crippen molar-refractivity contribution in [2.75, 3.05) is 70.4 Å². The highest BCUT2D eigenvalue weighted by Gasteiger charge is 2.50. The Morgan fingerprint density at radius 3 is 2.71 bits per heavy atom. The van der Waals surface area contributed by atoms with Crippen molar-refractivity contribution in [2.45, 2.75) is 87.5 Å². The number of β-amino-alcohol motifs (C(OH)–C–C–N with tert-alkyl or cyclic N) is 1. The molecule has 3 fully saturated rings. The lowest BCUT2D eigenvalue weighted by atomic mass is 9.62. The first kappa shape index (κ1) is 36.6. The maximum absolute atomic E-state index is 13.6.